The van der Waals surface area contributed by atoms with E-state index in [1.807, 2.05) is 45.9 Å². The second-order valence-corrected chi connectivity index (χ2v) is 7.22. The second-order valence-electron chi connectivity index (χ2n) is 5.31. The molecule has 3 nitrogen and oxygen atoms in total. The van der Waals surface area contributed by atoms with Gasteiger partial charge in [0.15, 0.2) is 0 Å². The van der Waals surface area contributed by atoms with E-state index in [1.54, 1.807) is 19.3 Å². The Morgan fingerprint density at radius 1 is 1.40 bits per heavy atom. The van der Waals surface area contributed by atoms with Crippen LogP contribution in [0.2, 0.25) is 0 Å². The van der Waals surface area contributed by atoms with Gasteiger partial charge >= 0.3 is 0 Å². The Bertz CT molecular complexity index is 574. The van der Waals surface area contributed by atoms with Gasteiger partial charge in [-0.3, -0.25) is 4.98 Å². The lowest BCUT2D eigenvalue weighted by molar-refractivity contribution is 0.561. The summed E-state index contributed by atoms with van der Waals surface area (Å²) in [7, 11) is 0. The van der Waals surface area contributed by atoms with E-state index < -0.39 is 11.4 Å². The van der Waals surface area contributed by atoms with Gasteiger partial charge in [-0.2, -0.15) is 0 Å². The van der Waals surface area contributed by atoms with Crippen molar-refractivity contribution >= 4 is 23.1 Å². The highest BCUT2D eigenvalue weighted by atomic mass is 32.2. The van der Waals surface area contributed by atoms with Crippen LogP contribution < -0.4 is 0 Å². The molecule has 0 amide bonds. The predicted octanol–water partition coefficient (Wildman–Crippen LogP) is 3.39. The zero-order valence-electron chi connectivity index (χ0n) is 12.6. The Morgan fingerprint density at radius 2 is 2.10 bits per heavy atom. The number of pyridine rings is 1. The van der Waals surface area contributed by atoms with Crippen LogP contribution in [0.5, 0.6) is 0 Å². The zero-order valence-corrected chi connectivity index (χ0v) is 13.4. The molecule has 0 N–H and O–H groups in total. The summed E-state index contributed by atoms with van der Waals surface area (Å²) in [6.45, 7) is 9.34. The molecular formula is C16H20N2OS. The minimum absolute atomic E-state index is 0.340. The van der Waals surface area contributed by atoms with Crippen LogP contribution in [0.15, 0.2) is 28.9 Å². The first-order valence-corrected chi connectivity index (χ1v) is 7.47. The molecule has 1 aromatic heterocycles. The Kier molecular flexibility index (Phi) is 6.00. The van der Waals surface area contributed by atoms with Crippen molar-refractivity contribution in [3.63, 3.8) is 0 Å². The van der Waals surface area contributed by atoms with Crippen LogP contribution in [-0.4, -0.2) is 20.0 Å². The summed E-state index contributed by atoms with van der Waals surface area (Å²) in [5.41, 5.74) is 2.55. The first kappa shape index (κ1) is 16.5. The van der Waals surface area contributed by atoms with Crippen molar-refractivity contribution in [1.29, 1.82) is 0 Å². The number of aromatic nitrogens is 1. The SMILES string of the molecule is CC#Cc1cncc(/C=C/C(C)=N[S@+]([O-])C(C)(C)C)c1. The molecule has 0 radical (unpaired) electrons. The van der Waals surface area contributed by atoms with Crippen LogP contribution in [0.25, 0.3) is 6.08 Å². The summed E-state index contributed by atoms with van der Waals surface area (Å²) in [5, 5.41) is 0. The normalized spacial score (nSPS) is 14.0. The lowest BCUT2D eigenvalue weighted by atomic mass is 10.2. The van der Waals surface area contributed by atoms with Gasteiger partial charge in [0, 0.05) is 18.0 Å². The largest absolute Gasteiger partial charge is 0.591 e. The Morgan fingerprint density at radius 3 is 2.70 bits per heavy atom. The summed E-state index contributed by atoms with van der Waals surface area (Å²) in [6, 6.07) is 1.95. The molecule has 0 unspecified atom stereocenters. The summed E-state index contributed by atoms with van der Waals surface area (Å²) in [5.74, 6) is 5.80. The highest BCUT2D eigenvalue weighted by Gasteiger charge is 2.26. The maximum Gasteiger partial charge on any atom is 0.144 e. The van der Waals surface area contributed by atoms with Gasteiger partial charge in [-0.25, -0.2) is 0 Å². The minimum Gasteiger partial charge on any atom is -0.591 e. The van der Waals surface area contributed by atoms with Crippen LogP contribution in [-0.2, 0) is 11.4 Å². The van der Waals surface area contributed by atoms with E-state index in [2.05, 4.69) is 21.2 Å². The van der Waals surface area contributed by atoms with E-state index in [4.69, 9.17) is 0 Å². The van der Waals surface area contributed by atoms with Crippen molar-refractivity contribution in [2.24, 2.45) is 4.40 Å². The third kappa shape index (κ3) is 5.60. The monoisotopic (exact) mass is 288 g/mol. The summed E-state index contributed by atoms with van der Waals surface area (Å²) < 4.78 is 15.7. The van der Waals surface area contributed by atoms with Crippen LogP contribution in [0.4, 0.5) is 0 Å². The molecule has 4 heteroatoms. The van der Waals surface area contributed by atoms with Gasteiger partial charge in [0.2, 0.25) is 0 Å². The van der Waals surface area contributed by atoms with E-state index >= 15 is 0 Å². The summed E-state index contributed by atoms with van der Waals surface area (Å²) in [6.07, 6.45) is 7.21. The number of nitrogens with zero attached hydrogens (tertiary/aromatic N) is 2. The number of rotatable bonds is 3. The first-order chi connectivity index (χ1) is 9.32. The van der Waals surface area contributed by atoms with Crippen molar-refractivity contribution in [2.45, 2.75) is 39.4 Å². The molecule has 0 aliphatic heterocycles. The Hall–Kier alpha value is -1.57. The second kappa shape index (κ2) is 7.28. The Balaban J connectivity index is 2.84. The standard InChI is InChI=1S/C16H20N2OS/c1-6-7-14-10-15(12-17-11-14)9-8-13(2)18-20(19)16(3,4)5/h8-12H,1-5H3/b9-8+,18-13?/t20-/m1/s1. The van der Waals surface area contributed by atoms with Crippen LogP contribution in [0.3, 0.4) is 0 Å². The molecule has 0 saturated carbocycles. The fourth-order valence-electron chi connectivity index (χ4n) is 1.28. The molecule has 1 heterocycles. The Labute approximate surface area is 124 Å². The third-order valence-corrected chi connectivity index (χ3v) is 3.80. The van der Waals surface area contributed by atoms with Crippen molar-refractivity contribution in [1.82, 2.24) is 4.98 Å². The van der Waals surface area contributed by atoms with Gasteiger partial charge < -0.3 is 4.55 Å². The quantitative estimate of drug-likeness (QED) is 0.486. The molecule has 0 aliphatic carbocycles. The average molecular weight is 288 g/mol. The highest BCUT2D eigenvalue weighted by Crippen LogP contribution is 2.17. The maximum absolute atomic E-state index is 11.9. The summed E-state index contributed by atoms with van der Waals surface area (Å²) >= 11 is -1.23. The molecule has 20 heavy (non-hydrogen) atoms. The molecule has 1 atom stereocenters. The fraction of sp³-hybridized carbons (Fsp3) is 0.375. The van der Waals surface area contributed by atoms with E-state index in [9.17, 15) is 4.55 Å². The van der Waals surface area contributed by atoms with Gasteiger partial charge in [-0.1, -0.05) is 16.4 Å². The topological polar surface area (TPSA) is 48.3 Å². The number of hydrogen-bond acceptors (Lipinski definition) is 3. The number of hydrogen-bond donors (Lipinski definition) is 0. The van der Waals surface area contributed by atoms with Gasteiger partial charge in [-0.15, -0.1) is 5.92 Å². The fourth-order valence-corrected chi connectivity index (χ4v) is 1.87. The van der Waals surface area contributed by atoms with E-state index in [0.717, 1.165) is 16.8 Å². The lowest BCUT2D eigenvalue weighted by Crippen LogP contribution is -2.26. The third-order valence-electron chi connectivity index (χ3n) is 2.30. The van der Waals surface area contributed by atoms with Crippen molar-refractivity contribution in [3.8, 4) is 11.8 Å². The molecule has 0 aromatic carbocycles. The molecule has 0 aliphatic rings. The molecule has 1 rings (SSSR count). The molecule has 106 valence electrons. The average Bonchev–Trinajstić information content (AvgIpc) is 2.36. The van der Waals surface area contributed by atoms with Gasteiger partial charge in [0.25, 0.3) is 0 Å². The van der Waals surface area contributed by atoms with E-state index in [-0.39, 0.29) is 4.75 Å². The lowest BCUT2D eigenvalue weighted by Gasteiger charge is -2.18. The maximum atomic E-state index is 11.9. The van der Waals surface area contributed by atoms with E-state index in [0.29, 0.717) is 0 Å². The van der Waals surface area contributed by atoms with Gasteiger partial charge in [0.1, 0.15) is 16.1 Å². The highest BCUT2D eigenvalue weighted by molar-refractivity contribution is 7.91. The molecule has 1 aromatic rings. The predicted molar refractivity (Wildman–Crippen MR) is 86.8 cm³/mol. The molecule has 0 bridgehead atoms. The van der Waals surface area contributed by atoms with Gasteiger partial charge in [-0.05, 0) is 52.3 Å². The van der Waals surface area contributed by atoms with Crippen LogP contribution in [0, 0.1) is 11.8 Å². The van der Waals surface area contributed by atoms with Gasteiger partial charge in [0.05, 0.1) is 5.71 Å². The molecule has 0 spiro atoms. The van der Waals surface area contributed by atoms with E-state index in [1.165, 1.54) is 0 Å². The minimum atomic E-state index is -1.23. The summed E-state index contributed by atoms with van der Waals surface area (Å²) in [4.78, 5) is 4.13. The van der Waals surface area contributed by atoms with Crippen molar-refractivity contribution in [3.05, 3.63) is 35.7 Å². The molecule has 0 fully saturated rings. The first-order valence-electron chi connectivity index (χ1n) is 6.36. The van der Waals surface area contributed by atoms with Crippen molar-refractivity contribution < 1.29 is 4.55 Å². The molecule has 0 saturated heterocycles. The van der Waals surface area contributed by atoms with Crippen LogP contribution >= 0.6 is 0 Å². The zero-order chi connectivity index (χ0) is 15.2. The van der Waals surface area contributed by atoms with Crippen LogP contribution in [0.1, 0.15) is 45.7 Å². The van der Waals surface area contributed by atoms with Crippen molar-refractivity contribution in [2.75, 3.05) is 0 Å². The smallest absolute Gasteiger partial charge is 0.144 e. The number of allylic oxidation sites excluding steroid dienone is 1. The molecular weight excluding hydrogens is 268 g/mol.